The molecule has 1 rings (SSSR count). The van der Waals surface area contributed by atoms with Gasteiger partial charge in [0.1, 0.15) is 6.61 Å². The molecule has 0 saturated carbocycles. The molecule has 1 N–H and O–H groups in total. The molecule has 1 unspecified atom stereocenters. The second-order valence-corrected chi connectivity index (χ2v) is 3.79. The summed E-state index contributed by atoms with van der Waals surface area (Å²) in [6.07, 6.45) is -0.939. The Labute approximate surface area is 106 Å². The lowest BCUT2D eigenvalue weighted by atomic mass is 10.2. The first-order valence-electron chi connectivity index (χ1n) is 5.92. The molecule has 7 nitrogen and oxygen atoms in total. The van der Waals surface area contributed by atoms with Gasteiger partial charge in [0.2, 0.25) is 5.91 Å². The van der Waals surface area contributed by atoms with Gasteiger partial charge in [-0.05, 0) is 6.92 Å². The van der Waals surface area contributed by atoms with E-state index in [0.29, 0.717) is 26.4 Å². The quantitative estimate of drug-likeness (QED) is 0.613. The van der Waals surface area contributed by atoms with Crippen LogP contribution in [0.15, 0.2) is 0 Å². The minimum Gasteiger partial charge on any atom is -0.479 e. The van der Waals surface area contributed by atoms with Gasteiger partial charge in [0.15, 0.2) is 6.10 Å². The first kappa shape index (κ1) is 14.9. The van der Waals surface area contributed by atoms with E-state index in [2.05, 4.69) is 0 Å². The van der Waals surface area contributed by atoms with Crippen LogP contribution in [-0.2, 0) is 23.8 Å². The Morgan fingerprint density at radius 2 is 2.11 bits per heavy atom. The number of carboxylic acids is 1. The molecular formula is C11H19NO6. The van der Waals surface area contributed by atoms with E-state index >= 15 is 0 Å². The number of amides is 1. The lowest BCUT2D eigenvalue weighted by molar-refractivity contribution is -0.160. The highest BCUT2D eigenvalue weighted by molar-refractivity contribution is 5.79. The van der Waals surface area contributed by atoms with Crippen LogP contribution in [0.1, 0.15) is 6.92 Å². The third-order valence-corrected chi connectivity index (χ3v) is 2.50. The number of carbonyl (C=O) groups excluding carboxylic acids is 1. The fourth-order valence-electron chi connectivity index (χ4n) is 1.54. The minimum atomic E-state index is -1.05. The van der Waals surface area contributed by atoms with Crippen LogP contribution in [0, 0.1) is 0 Å². The van der Waals surface area contributed by atoms with Crippen molar-refractivity contribution in [3.05, 3.63) is 0 Å². The van der Waals surface area contributed by atoms with Gasteiger partial charge in [-0.25, -0.2) is 4.79 Å². The molecule has 7 heteroatoms. The third-order valence-electron chi connectivity index (χ3n) is 2.50. The third kappa shape index (κ3) is 4.99. The van der Waals surface area contributed by atoms with E-state index in [1.807, 2.05) is 6.92 Å². The zero-order chi connectivity index (χ0) is 13.4. The topological polar surface area (TPSA) is 85.3 Å². The first-order chi connectivity index (χ1) is 8.65. The van der Waals surface area contributed by atoms with Gasteiger partial charge >= 0.3 is 5.97 Å². The molecule has 1 atom stereocenters. The van der Waals surface area contributed by atoms with Crippen molar-refractivity contribution in [1.29, 1.82) is 0 Å². The van der Waals surface area contributed by atoms with Crippen LogP contribution in [0.4, 0.5) is 0 Å². The van der Waals surface area contributed by atoms with Gasteiger partial charge in [0.05, 0.1) is 26.4 Å². The van der Waals surface area contributed by atoms with Crippen LogP contribution in [-0.4, -0.2) is 74.1 Å². The highest BCUT2D eigenvalue weighted by Gasteiger charge is 2.28. The van der Waals surface area contributed by atoms with E-state index in [1.54, 1.807) is 0 Å². The van der Waals surface area contributed by atoms with Gasteiger partial charge in [-0.1, -0.05) is 0 Å². The highest BCUT2D eigenvalue weighted by atomic mass is 16.5. The molecule has 1 aliphatic rings. The highest BCUT2D eigenvalue weighted by Crippen LogP contribution is 2.05. The summed E-state index contributed by atoms with van der Waals surface area (Å²) in [5.74, 6) is -1.27. The van der Waals surface area contributed by atoms with Crippen LogP contribution in [0.2, 0.25) is 0 Å². The summed E-state index contributed by atoms with van der Waals surface area (Å²) in [6.45, 7) is 3.95. The lowest BCUT2D eigenvalue weighted by Crippen LogP contribution is -2.49. The van der Waals surface area contributed by atoms with Gasteiger partial charge in [-0.15, -0.1) is 0 Å². The van der Waals surface area contributed by atoms with Gasteiger partial charge in [0.25, 0.3) is 0 Å². The Bertz CT molecular complexity index is 283. The van der Waals surface area contributed by atoms with Gasteiger partial charge in [-0.3, -0.25) is 4.79 Å². The molecule has 0 aromatic carbocycles. The van der Waals surface area contributed by atoms with Gasteiger partial charge < -0.3 is 24.2 Å². The lowest BCUT2D eigenvalue weighted by Gasteiger charge is -2.30. The van der Waals surface area contributed by atoms with E-state index in [-0.39, 0.29) is 25.7 Å². The average molecular weight is 261 g/mol. The van der Waals surface area contributed by atoms with Crippen molar-refractivity contribution in [2.45, 2.75) is 13.0 Å². The molecule has 1 amide bonds. The molecule has 1 saturated heterocycles. The first-order valence-corrected chi connectivity index (χ1v) is 5.92. The van der Waals surface area contributed by atoms with Gasteiger partial charge in [-0.2, -0.15) is 0 Å². The molecule has 1 fully saturated rings. The molecule has 0 bridgehead atoms. The van der Waals surface area contributed by atoms with Crippen LogP contribution in [0.3, 0.4) is 0 Å². The Balaban J connectivity index is 2.22. The van der Waals surface area contributed by atoms with Crippen LogP contribution >= 0.6 is 0 Å². The predicted octanol–water partition coefficient (Wildman–Crippen LogP) is -0.648. The Morgan fingerprint density at radius 1 is 1.39 bits per heavy atom. The van der Waals surface area contributed by atoms with Crippen LogP contribution < -0.4 is 0 Å². The molecule has 0 spiro atoms. The summed E-state index contributed by atoms with van der Waals surface area (Å²) in [4.78, 5) is 23.9. The maximum atomic E-state index is 11.7. The Morgan fingerprint density at radius 3 is 2.78 bits per heavy atom. The summed E-state index contributed by atoms with van der Waals surface area (Å²) in [5, 5.41) is 8.80. The molecule has 1 aliphatic heterocycles. The molecule has 0 aromatic heterocycles. The number of rotatable bonds is 7. The Hall–Kier alpha value is -1.18. The minimum absolute atomic E-state index is 0.0561. The average Bonchev–Trinajstić information content (AvgIpc) is 2.38. The van der Waals surface area contributed by atoms with Crippen molar-refractivity contribution in [3.63, 3.8) is 0 Å². The molecule has 0 aliphatic carbocycles. The fraction of sp³-hybridized carbons (Fsp3) is 0.818. The monoisotopic (exact) mass is 261 g/mol. The standard InChI is InChI=1S/C11H19NO6/c1-2-16-5-6-17-8-10(13)12-3-4-18-9(7-12)11(14)15/h9H,2-8H2,1H3,(H,14,15). The number of hydrogen-bond acceptors (Lipinski definition) is 5. The van der Waals surface area contributed by atoms with E-state index in [0.717, 1.165) is 0 Å². The van der Waals surface area contributed by atoms with E-state index in [1.165, 1.54) is 4.90 Å². The molecule has 0 aromatic rings. The maximum Gasteiger partial charge on any atom is 0.334 e. The summed E-state index contributed by atoms with van der Waals surface area (Å²) in [5.41, 5.74) is 0. The normalized spacial score (nSPS) is 19.8. The summed E-state index contributed by atoms with van der Waals surface area (Å²) in [7, 11) is 0. The van der Waals surface area contributed by atoms with E-state index in [4.69, 9.17) is 19.3 Å². The van der Waals surface area contributed by atoms with Crippen molar-refractivity contribution in [2.75, 3.05) is 46.1 Å². The fourth-order valence-corrected chi connectivity index (χ4v) is 1.54. The molecular weight excluding hydrogens is 242 g/mol. The summed E-state index contributed by atoms with van der Waals surface area (Å²) < 4.78 is 15.2. The maximum absolute atomic E-state index is 11.7. The number of nitrogens with zero attached hydrogens (tertiary/aromatic N) is 1. The second kappa shape index (κ2) is 8.02. The summed E-state index contributed by atoms with van der Waals surface area (Å²) >= 11 is 0. The van der Waals surface area contributed by atoms with Crippen LogP contribution in [0.25, 0.3) is 0 Å². The zero-order valence-electron chi connectivity index (χ0n) is 10.5. The van der Waals surface area contributed by atoms with Crippen molar-refractivity contribution < 1.29 is 28.9 Å². The Kier molecular flexibility index (Phi) is 6.63. The second-order valence-electron chi connectivity index (χ2n) is 3.79. The molecule has 104 valence electrons. The zero-order valence-corrected chi connectivity index (χ0v) is 10.5. The number of ether oxygens (including phenoxy) is 3. The molecule has 1 heterocycles. The van der Waals surface area contributed by atoms with E-state index < -0.39 is 12.1 Å². The number of hydrogen-bond donors (Lipinski definition) is 1. The van der Waals surface area contributed by atoms with Crippen molar-refractivity contribution in [2.24, 2.45) is 0 Å². The van der Waals surface area contributed by atoms with Crippen molar-refractivity contribution in [3.8, 4) is 0 Å². The SMILES string of the molecule is CCOCCOCC(=O)N1CCOC(C(=O)O)C1. The number of carbonyl (C=O) groups is 2. The molecule has 0 radical (unpaired) electrons. The predicted molar refractivity (Wildman–Crippen MR) is 61.3 cm³/mol. The number of aliphatic carboxylic acids is 1. The van der Waals surface area contributed by atoms with Crippen molar-refractivity contribution >= 4 is 11.9 Å². The largest absolute Gasteiger partial charge is 0.479 e. The molecule has 18 heavy (non-hydrogen) atoms. The van der Waals surface area contributed by atoms with Crippen molar-refractivity contribution in [1.82, 2.24) is 4.90 Å². The number of morpholine rings is 1. The van der Waals surface area contributed by atoms with E-state index in [9.17, 15) is 9.59 Å². The smallest absolute Gasteiger partial charge is 0.334 e. The number of carboxylic acid groups (broad SMARTS) is 1. The van der Waals surface area contributed by atoms with Gasteiger partial charge in [0, 0.05) is 13.2 Å². The summed E-state index contributed by atoms with van der Waals surface area (Å²) in [6, 6.07) is 0. The van der Waals surface area contributed by atoms with Crippen LogP contribution in [0.5, 0.6) is 0 Å².